The lowest BCUT2D eigenvalue weighted by molar-refractivity contribution is -0.136. The average Bonchev–Trinajstić information content (AvgIpc) is 2.52. The third-order valence-corrected chi connectivity index (χ3v) is 3.21. The van der Waals surface area contributed by atoms with Crippen molar-refractivity contribution in [3.05, 3.63) is 58.3 Å². The molecule has 8 heteroatoms. The number of amides is 2. The largest absolute Gasteiger partial charge is 0.329 e. The minimum atomic E-state index is -0.906. The fourth-order valence-electron chi connectivity index (χ4n) is 1.43. The standard InChI is InChI=1S/C14H10Cl2N4O2/c15-11-2-1-10(7-12(11)16)19-13(21)14(22)20-18-8-9-3-5-17-6-4-9/h1-8H,(H,19,21)(H,20,22)/b18-8+. The molecule has 0 aliphatic carbocycles. The van der Waals surface area contributed by atoms with E-state index >= 15 is 0 Å². The van der Waals surface area contributed by atoms with Crippen LogP contribution >= 0.6 is 23.2 Å². The van der Waals surface area contributed by atoms with E-state index in [0.29, 0.717) is 10.7 Å². The molecular weight excluding hydrogens is 327 g/mol. The minimum absolute atomic E-state index is 0.274. The van der Waals surface area contributed by atoms with Gasteiger partial charge in [-0.25, -0.2) is 5.43 Å². The number of benzene rings is 1. The number of anilines is 1. The zero-order valence-electron chi connectivity index (χ0n) is 11.1. The van der Waals surface area contributed by atoms with E-state index in [2.05, 4.69) is 20.8 Å². The zero-order chi connectivity index (χ0) is 15.9. The lowest BCUT2D eigenvalue weighted by atomic mass is 10.3. The van der Waals surface area contributed by atoms with Gasteiger partial charge >= 0.3 is 11.8 Å². The molecule has 0 spiro atoms. The maximum atomic E-state index is 11.7. The summed E-state index contributed by atoms with van der Waals surface area (Å²) in [4.78, 5) is 27.1. The summed E-state index contributed by atoms with van der Waals surface area (Å²) in [5.41, 5.74) is 3.21. The van der Waals surface area contributed by atoms with Crippen LogP contribution < -0.4 is 10.7 Å². The van der Waals surface area contributed by atoms with Crippen molar-refractivity contribution in [2.45, 2.75) is 0 Å². The predicted molar refractivity (Wildman–Crippen MR) is 85.1 cm³/mol. The molecule has 2 aromatic rings. The fourth-order valence-corrected chi connectivity index (χ4v) is 1.73. The monoisotopic (exact) mass is 336 g/mol. The van der Waals surface area contributed by atoms with Crippen molar-refractivity contribution in [2.24, 2.45) is 5.10 Å². The van der Waals surface area contributed by atoms with E-state index in [0.717, 1.165) is 5.56 Å². The summed E-state index contributed by atoms with van der Waals surface area (Å²) in [5, 5.41) is 6.68. The van der Waals surface area contributed by atoms with Crippen LogP contribution in [0.4, 0.5) is 5.69 Å². The topological polar surface area (TPSA) is 83.5 Å². The van der Waals surface area contributed by atoms with Gasteiger partial charge in [-0.15, -0.1) is 0 Å². The Labute approximate surface area is 136 Å². The molecule has 0 saturated heterocycles. The van der Waals surface area contributed by atoms with Crippen molar-refractivity contribution in [1.29, 1.82) is 0 Å². The van der Waals surface area contributed by atoms with Gasteiger partial charge in [0.25, 0.3) is 0 Å². The summed E-state index contributed by atoms with van der Waals surface area (Å²) >= 11 is 11.6. The van der Waals surface area contributed by atoms with Crippen LogP contribution in [0.25, 0.3) is 0 Å². The first kappa shape index (κ1) is 15.9. The molecular formula is C14H10Cl2N4O2. The highest BCUT2D eigenvalue weighted by Crippen LogP contribution is 2.24. The Morgan fingerprint density at radius 3 is 2.45 bits per heavy atom. The highest BCUT2D eigenvalue weighted by Gasteiger charge is 2.13. The number of pyridine rings is 1. The van der Waals surface area contributed by atoms with Gasteiger partial charge in [0.2, 0.25) is 0 Å². The Morgan fingerprint density at radius 2 is 1.77 bits per heavy atom. The van der Waals surface area contributed by atoms with E-state index in [9.17, 15) is 9.59 Å². The summed E-state index contributed by atoms with van der Waals surface area (Å²) in [5.74, 6) is -1.78. The third-order valence-electron chi connectivity index (χ3n) is 2.47. The number of nitrogens with zero attached hydrogens (tertiary/aromatic N) is 2. The van der Waals surface area contributed by atoms with Crippen LogP contribution in [-0.2, 0) is 9.59 Å². The van der Waals surface area contributed by atoms with E-state index in [1.54, 1.807) is 24.5 Å². The number of hydrogen-bond acceptors (Lipinski definition) is 4. The quantitative estimate of drug-likeness (QED) is 0.513. The van der Waals surface area contributed by atoms with E-state index in [-0.39, 0.29) is 5.02 Å². The first-order valence-electron chi connectivity index (χ1n) is 6.06. The van der Waals surface area contributed by atoms with Gasteiger partial charge in [0.15, 0.2) is 0 Å². The molecule has 0 aliphatic heterocycles. The molecule has 0 fully saturated rings. The van der Waals surface area contributed by atoms with Gasteiger partial charge in [-0.1, -0.05) is 23.2 Å². The normalized spacial score (nSPS) is 10.5. The van der Waals surface area contributed by atoms with Crippen LogP contribution in [-0.4, -0.2) is 23.0 Å². The Kier molecular flexibility index (Phi) is 5.46. The molecule has 0 unspecified atom stereocenters. The molecule has 0 radical (unpaired) electrons. The van der Waals surface area contributed by atoms with Gasteiger partial charge in [-0.2, -0.15) is 5.10 Å². The zero-order valence-corrected chi connectivity index (χ0v) is 12.6. The van der Waals surface area contributed by atoms with Crippen LogP contribution in [0.1, 0.15) is 5.56 Å². The van der Waals surface area contributed by atoms with E-state index in [4.69, 9.17) is 23.2 Å². The van der Waals surface area contributed by atoms with Crippen LogP contribution in [0.15, 0.2) is 47.8 Å². The van der Waals surface area contributed by atoms with Gasteiger partial charge in [-0.05, 0) is 35.9 Å². The molecule has 112 valence electrons. The van der Waals surface area contributed by atoms with Crippen molar-refractivity contribution in [2.75, 3.05) is 5.32 Å². The Bertz CT molecular complexity index is 720. The molecule has 2 amide bonds. The van der Waals surface area contributed by atoms with Crippen LogP contribution in [0.2, 0.25) is 10.0 Å². The number of rotatable bonds is 3. The average molecular weight is 337 g/mol. The second kappa shape index (κ2) is 7.53. The Balaban J connectivity index is 1.90. The number of hydrogen-bond donors (Lipinski definition) is 2. The van der Waals surface area contributed by atoms with Crippen LogP contribution in [0, 0.1) is 0 Å². The van der Waals surface area contributed by atoms with Gasteiger partial charge in [-0.3, -0.25) is 14.6 Å². The van der Waals surface area contributed by atoms with Gasteiger partial charge in [0.1, 0.15) is 0 Å². The predicted octanol–water partition coefficient (Wildman–Crippen LogP) is 2.48. The number of carbonyl (C=O) groups is 2. The molecule has 2 N–H and O–H groups in total. The van der Waals surface area contributed by atoms with Crippen LogP contribution in [0.5, 0.6) is 0 Å². The van der Waals surface area contributed by atoms with Gasteiger partial charge < -0.3 is 5.32 Å². The Hall–Kier alpha value is -2.44. The Morgan fingerprint density at radius 1 is 1.05 bits per heavy atom. The maximum absolute atomic E-state index is 11.7. The summed E-state index contributed by atoms with van der Waals surface area (Å²) < 4.78 is 0. The fraction of sp³-hybridized carbons (Fsp3) is 0. The van der Waals surface area contributed by atoms with E-state index in [1.807, 2.05) is 0 Å². The molecule has 22 heavy (non-hydrogen) atoms. The highest BCUT2D eigenvalue weighted by atomic mass is 35.5. The molecule has 0 saturated carbocycles. The molecule has 1 aromatic heterocycles. The minimum Gasteiger partial charge on any atom is -0.318 e. The van der Waals surface area contributed by atoms with Gasteiger partial charge in [0, 0.05) is 18.1 Å². The van der Waals surface area contributed by atoms with E-state index < -0.39 is 11.8 Å². The summed E-state index contributed by atoms with van der Waals surface area (Å²) in [6.45, 7) is 0. The summed E-state index contributed by atoms with van der Waals surface area (Å²) in [7, 11) is 0. The molecule has 0 atom stereocenters. The smallest absolute Gasteiger partial charge is 0.318 e. The first-order chi connectivity index (χ1) is 10.6. The van der Waals surface area contributed by atoms with Crippen molar-refractivity contribution in [3.63, 3.8) is 0 Å². The lowest BCUT2D eigenvalue weighted by Gasteiger charge is -2.05. The van der Waals surface area contributed by atoms with Crippen molar-refractivity contribution < 1.29 is 9.59 Å². The highest BCUT2D eigenvalue weighted by molar-refractivity contribution is 6.42. The molecule has 0 bridgehead atoms. The van der Waals surface area contributed by atoms with Crippen molar-refractivity contribution >= 4 is 46.9 Å². The number of nitrogens with one attached hydrogen (secondary N) is 2. The van der Waals surface area contributed by atoms with Crippen molar-refractivity contribution in [1.82, 2.24) is 10.4 Å². The summed E-state index contributed by atoms with van der Waals surface area (Å²) in [6.07, 6.45) is 4.56. The second-order valence-corrected chi connectivity index (χ2v) is 4.88. The lowest BCUT2D eigenvalue weighted by Crippen LogP contribution is -2.32. The number of hydrazone groups is 1. The number of halogens is 2. The summed E-state index contributed by atoms with van der Waals surface area (Å²) in [6, 6.07) is 7.88. The molecule has 1 heterocycles. The second-order valence-electron chi connectivity index (χ2n) is 4.06. The van der Waals surface area contributed by atoms with Gasteiger partial charge in [0.05, 0.1) is 16.3 Å². The molecule has 2 rings (SSSR count). The first-order valence-corrected chi connectivity index (χ1v) is 6.81. The number of carbonyl (C=O) groups excluding carboxylic acids is 2. The third kappa shape index (κ3) is 4.54. The molecule has 0 aliphatic rings. The van der Waals surface area contributed by atoms with Crippen molar-refractivity contribution in [3.8, 4) is 0 Å². The van der Waals surface area contributed by atoms with Crippen LogP contribution in [0.3, 0.4) is 0 Å². The SMILES string of the molecule is O=C(N/N=C/c1ccncc1)C(=O)Nc1ccc(Cl)c(Cl)c1. The van der Waals surface area contributed by atoms with E-state index in [1.165, 1.54) is 24.4 Å². The molecule has 6 nitrogen and oxygen atoms in total. The maximum Gasteiger partial charge on any atom is 0.329 e. The molecule has 1 aromatic carbocycles. The number of aromatic nitrogens is 1.